The first-order chi connectivity index (χ1) is 9.04. The van der Waals surface area contributed by atoms with E-state index in [1.165, 1.54) is 28.7 Å². The van der Waals surface area contributed by atoms with Crippen molar-refractivity contribution in [2.24, 2.45) is 0 Å². The quantitative estimate of drug-likeness (QED) is 0.922. The summed E-state index contributed by atoms with van der Waals surface area (Å²) < 4.78 is 0. The van der Waals surface area contributed by atoms with Gasteiger partial charge in [-0.3, -0.25) is 9.69 Å². The van der Waals surface area contributed by atoms with E-state index in [0.717, 1.165) is 18.8 Å². The minimum atomic E-state index is -0.0801. The third-order valence-corrected chi connectivity index (χ3v) is 4.46. The summed E-state index contributed by atoms with van der Waals surface area (Å²) in [4.78, 5) is 18.9. The Balaban J connectivity index is 1.91. The molecule has 2 rings (SSSR count). The molecule has 0 radical (unpaired) electrons. The van der Waals surface area contributed by atoms with Gasteiger partial charge in [0, 0.05) is 30.3 Å². The zero-order valence-corrected chi connectivity index (χ0v) is 12.9. The van der Waals surface area contributed by atoms with Crippen LogP contribution in [0.1, 0.15) is 23.1 Å². The van der Waals surface area contributed by atoms with E-state index in [1.807, 2.05) is 5.38 Å². The van der Waals surface area contributed by atoms with Crippen LogP contribution in [-0.4, -0.2) is 22.8 Å². The lowest BCUT2D eigenvalue weighted by Crippen LogP contribution is -2.17. The summed E-state index contributed by atoms with van der Waals surface area (Å²) in [5.41, 5.74) is 2.33. The molecular weight excluding hydrogens is 278 g/mol. The van der Waals surface area contributed by atoms with Crippen molar-refractivity contribution in [3.63, 3.8) is 0 Å². The van der Waals surface area contributed by atoms with Gasteiger partial charge in [-0.15, -0.1) is 22.7 Å². The molecule has 0 aliphatic heterocycles. The molecule has 1 amide bonds. The second-order valence-electron chi connectivity index (χ2n) is 4.52. The van der Waals surface area contributed by atoms with Gasteiger partial charge in [0.05, 0.1) is 5.69 Å². The van der Waals surface area contributed by atoms with E-state index < -0.39 is 0 Å². The maximum Gasteiger partial charge on any atom is 0.223 e. The predicted octanol–water partition coefficient (Wildman–Crippen LogP) is 3.10. The molecule has 0 aliphatic rings. The molecule has 4 nitrogen and oxygen atoms in total. The molecule has 0 saturated carbocycles. The molecule has 0 aliphatic carbocycles. The van der Waals surface area contributed by atoms with E-state index in [-0.39, 0.29) is 5.91 Å². The number of aryl methyl sites for hydroxylation is 1. The number of thiazole rings is 1. The van der Waals surface area contributed by atoms with Crippen molar-refractivity contribution >= 4 is 33.7 Å². The number of nitrogens with zero attached hydrogens (tertiary/aromatic N) is 2. The number of anilines is 1. The smallest absolute Gasteiger partial charge is 0.223 e. The van der Waals surface area contributed by atoms with Crippen molar-refractivity contribution in [1.82, 2.24) is 9.88 Å². The first kappa shape index (κ1) is 14.2. The highest BCUT2D eigenvalue weighted by Crippen LogP contribution is 2.20. The van der Waals surface area contributed by atoms with Crippen LogP contribution in [0.25, 0.3) is 0 Å². The molecule has 0 atom stereocenters. The van der Waals surface area contributed by atoms with Crippen molar-refractivity contribution in [3.8, 4) is 0 Å². The van der Waals surface area contributed by atoms with Crippen molar-refractivity contribution in [2.45, 2.75) is 26.9 Å². The average molecular weight is 295 g/mol. The van der Waals surface area contributed by atoms with Gasteiger partial charge in [0.2, 0.25) is 5.91 Å². The summed E-state index contributed by atoms with van der Waals surface area (Å²) in [5.74, 6) is -0.0801. The van der Waals surface area contributed by atoms with Crippen LogP contribution in [0.2, 0.25) is 0 Å². The number of nitrogens with one attached hydrogen (secondary N) is 1. The predicted molar refractivity (Wildman–Crippen MR) is 80.6 cm³/mol. The third-order valence-electron chi connectivity index (χ3n) is 2.65. The lowest BCUT2D eigenvalue weighted by Gasteiger charge is -2.14. The molecular formula is C13H17N3OS2. The average Bonchev–Trinajstić information content (AvgIpc) is 2.89. The zero-order valence-electron chi connectivity index (χ0n) is 11.3. The molecule has 2 aromatic heterocycles. The fraction of sp³-hybridized carbons (Fsp3) is 0.385. The Morgan fingerprint density at radius 2 is 2.21 bits per heavy atom. The maximum absolute atomic E-state index is 10.9. The Morgan fingerprint density at radius 1 is 1.42 bits per heavy atom. The molecule has 0 spiro atoms. The van der Waals surface area contributed by atoms with Gasteiger partial charge < -0.3 is 5.32 Å². The second-order valence-corrected chi connectivity index (χ2v) is 6.38. The molecule has 0 fully saturated rings. The Labute approximate surface area is 121 Å². The first-order valence-corrected chi connectivity index (χ1v) is 7.74. The van der Waals surface area contributed by atoms with Crippen molar-refractivity contribution in [2.75, 3.05) is 12.4 Å². The van der Waals surface area contributed by atoms with Crippen molar-refractivity contribution in [1.29, 1.82) is 0 Å². The highest BCUT2D eigenvalue weighted by molar-refractivity contribution is 7.13. The van der Waals surface area contributed by atoms with Crippen LogP contribution in [0, 0.1) is 6.92 Å². The van der Waals surface area contributed by atoms with Crippen LogP contribution in [-0.2, 0) is 17.9 Å². The number of thiophene rings is 1. The highest BCUT2D eigenvalue weighted by Gasteiger charge is 2.08. The molecule has 0 bridgehead atoms. The van der Waals surface area contributed by atoms with E-state index in [0.29, 0.717) is 5.13 Å². The number of hydrogen-bond acceptors (Lipinski definition) is 5. The SMILES string of the molecule is CC(=O)Nc1nc(CN(C)Cc2sccc2C)cs1. The molecule has 2 aromatic rings. The lowest BCUT2D eigenvalue weighted by molar-refractivity contribution is -0.114. The van der Waals surface area contributed by atoms with Crippen molar-refractivity contribution in [3.05, 3.63) is 33.0 Å². The van der Waals surface area contributed by atoms with Gasteiger partial charge >= 0.3 is 0 Å². The summed E-state index contributed by atoms with van der Waals surface area (Å²) in [6, 6.07) is 2.14. The van der Waals surface area contributed by atoms with Gasteiger partial charge in [-0.1, -0.05) is 0 Å². The number of aromatic nitrogens is 1. The number of carbonyl (C=O) groups is 1. The Morgan fingerprint density at radius 3 is 2.84 bits per heavy atom. The van der Waals surface area contributed by atoms with E-state index >= 15 is 0 Å². The molecule has 0 aromatic carbocycles. The largest absolute Gasteiger partial charge is 0.302 e. The van der Waals surface area contributed by atoms with Gasteiger partial charge in [0.25, 0.3) is 0 Å². The van der Waals surface area contributed by atoms with Gasteiger partial charge in [-0.25, -0.2) is 4.98 Å². The number of amides is 1. The Bertz CT molecular complexity index is 562. The van der Waals surface area contributed by atoms with E-state index in [1.54, 1.807) is 11.3 Å². The van der Waals surface area contributed by atoms with Crippen LogP contribution < -0.4 is 5.32 Å². The van der Waals surface area contributed by atoms with Crippen molar-refractivity contribution < 1.29 is 4.79 Å². The van der Waals surface area contributed by atoms with Gasteiger partial charge in [0.15, 0.2) is 5.13 Å². The van der Waals surface area contributed by atoms with E-state index in [9.17, 15) is 4.79 Å². The normalized spacial score (nSPS) is 10.9. The van der Waals surface area contributed by atoms with Crippen LogP contribution >= 0.6 is 22.7 Å². The third kappa shape index (κ3) is 4.12. The summed E-state index contributed by atoms with van der Waals surface area (Å²) in [5, 5.41) is 7.49. The first-order valence-electron chi connectivity index (χ1n) is 5.98. The number of hydrogen-bond donors (Lipinski definition) is 1. The molecule has 2 heterocycles. The molecule has 0 unspecified atom stereocenters. The standard InChI is InChI=1S/C13H17N3OS2/c1-9-4-5-18-12(9)7-16(3)6-11-8-19-13(15-11)14-10(2)17/h4-5,8H,6-7H2,1-3H3,(H,14,15,17). The fourth-order valence-electron chi connectivity index (χ4n) is 1.73. The highest BCUT2D eigenvalue weighted by atomic mass is 32.1. The van der Waals surface area contributed by atoms with E-state index in [2.05, 4.69) is 40.6 Å². The van der Waals surface area contributed by atoms with Gasteiger partial charge in [-0.05, 0) is 31.0 Å². The van der Waals surface area contributed by atoms with Crippen LogP contribution in [0.5, 0.6) is 0 Å². The van der Waals surface area contributed by atoms with E-state index in [4.69, 9.17) is 0 Å². The lowest BCUT2D eigenvalue weighted by atomic mass is 10.3. The minimum Gasteiger partial charge on any atom is -0.302 e. The molecule has 1 N–H and O–H groups in total. The second kappa shape index (κ2) is 6.27. The summed E-state index contributed by atoms with van der Waals surface area (Å²) >= 11 is 3.25. The molecule has 6 heteroatoms. The molecule has 102 valence electrons. The summed E-state index contributed by atoms with van der Waals surface area (Å²) in [7, 11) is 2.08. The zero-order chi connectivity index (χ0) is 13.8. The van der Waals surface area contributed by atoms with Gasteiger partial charge in [0.1, 0.15) is 0 Å². The van der Waals surface area contributed by atoms with Crippen LogP contribution in [0.4, 0.5) is 5.13 Å². The van der Waals surface area contributed by atoms with Crippen LogP contribution in [0.15, 0.2) is 16.8 Å². The fourth-order valence-corrected chi connectivity index (χ4v) is 3.46. The number of rotatable bonds is 5. The Hall–Kier alpha value is -1.24. The number of carbonyl (C=O) groups excluding carboxylic acids is 1. The Kier molecular flexibility index (Phi) is 4.68. The summed E-state index contributed by atoms with van der Waals surface area (Å²) in [6.45, 7) is 5.34. The molecule has 19 heavy (non-hydrogen) atoms. The maximum atomic E-state index is 10.9. The minimum absolute atomic E-state index is 0.0801. The summed E-state index contributed by atoms with van der Waals surface area (Å²) in [6.07, 6.45) is 0. The van der Waals surface area contributed by atoms with Gasteiger partial charge in [-0.2, -0.15) is 0 Å². The molecule has 0 saturated heterocycles. The topological polar surface area (TPSA) is 45.2 Å². The van der Waals surface area contributed by atoms with Crippen LogP contribution in [0.3, 0.4) is 0 Å². The monoisotopic (exact) mass is 295 g/mol.